The highest BCUT2D eigenvalue weighted by Gasteiger charge is 2.24. The molecule has 0 saturated heterocycles. The standard InChI is InChI=1S/C13H18N2O3S/c1-8-3-2-4-9(5-8)12(16)14-6-11-15-10(7-19-11)13(17)18/h7-9H,2-6H2,1H3,(H,14,16)(H,17,18)/t8-,9+/m1/s1. The maximum Gasteiger partial charge on any atom is 0.355 e. The minimum atomic E-state index is -1.03. The topological polar surface area (TPSA) is 79.3 Å². The van der Waals surface area contributed by atoms with Crippen LogP contribution < -0.4 is 5.32 Å². The number of nitrogens with one attached hydrogen (secondary N) is 1. The van der Waals surface area contributed by atoms with Gasteiger partial charge in [-0.15, -0.1) is 11.3 Å². The Hall–Kier alpha value is -1.43. The summed E-state index contributed by atoms with van der Waals surface area (Å²) < 4.78 is 0. The molecule has 1 amide bonds. The lowest BCUT2D eigenvalue weighted by molar-refractivity contribution is -0.126. The summed E-state index contributed by atoms with van der Waals surface area (Å²) in [5.74, 6) is -0.251. The molecule has 0 unspecified atom stereocenters. The lowest BCUT2D eigenvalue weighted by Gasteiger charge is -2.25. The average molecular weight is 282 g/mol. The Balaban J connectivity index is 1.84. The number of aromatic carboxylic acids is 1. The molecule has 0 aliphatic heterocycles. The molecule has 6 heteroatoms. The molecule has 0 radical (unpaired) electrons. The van der Waals surface area contributed by atoms with Crippen LogP contribution in [0.3, 0.4) is 0 Å². The van der Waals surface area contributed by atoms with Crippen LogP contribution in [-0.2, 0) is 11.3 Å². The number of carboxylic acid groups (broad SMARTS) is 1. The van der Waals surface area contributed by atoms with Crippen LogP contribution in [0.25, 0.3) is 0 Å². The number of amides is 1. The summed E-state index contributed by atoms with van der Waals surface area (Å²) in [6.45, 7) is 2.50. The Morgan fingerprint density at radius 2 is 2.32 bits per heavy atom. The van der Waals surface area contributed by atoms with Gasteiger partial charge in [0.25, 0.3) is 0 Å². The number of thiazole rings is 1. The lowest BCUT2D eigenvalue weighted by atomic mass is 9.82. The van der Waals surface area contributed by atoms with Crippen molar-refractivity contribution < 1.29 is 14.7 Å². The van der Waals surface area contributed by atoms with E-state index in [1.54, 1.807) is 0 Å². The van der Waals surface area contributed by atoms with Crippen molar-refractivity contribution in [3.63, 3.8) is 0 Å². The average Bonchev–Trinajstić information content (AvgIpc) is 2.85. The smallest absolute Gasteiger partial charge is 0.355 e. The second-order valence-electron chi connectivity index (χ2n) is 5.12. The molecule has 1 aliphatic carbocycles. The first kappa shape index (κ1) is 14.0. The van der Waals surface area contributed by atoms with Crippen molar-refractivity contribution in [2.75, 3.05) is 0 Å². The molecule has 0 aromatic carbocycles. The summed E-state index contributed by atoms with van der Waals surface area (Å²) in [6.07, 6.45) is 4.22. The Morgan fingerprint density at radius 1 is 1.53 bits per heavy atom. The first-order valence-electron chi connectivity index (χ1n) is 6.51. The molecule has 1 fully saturated rings. The van der Waals surface area contributed by atoms with Gasteiger partial charge < -0.3 is 10.4 Å². The minimum absolute atomic E-state index is 0.0422. The van der Waals surface area contributed by atoms with Gasteiger partial charge in [0.15, 0.2) is 5.69 Å². The van der Waals surface area contributed by atoms with E-state index in [2.05, 4.69) is 17.2 Å². The highest BCUT2D eigenvalue weighted by molar-refractivity contribution is 7.09. The molecule has 1 aromatic heterocycles. The third kappa shape index (κ3) is 3.76. The highest BCUT2D eigenvalue weighted by atomic mass is 32.1. The van der Waals surface area contributed by atoms with Crippen LogP contribution in [0, 0.1) is 11.8 Å². The number of aromatic nitrogens is 1. The van der Waals surface area contributed by atoms with E-state index in [4.69, 9.17) is 5.11 Å². The van der Waals surface area contributed by atoms with Gasteiger partial charge in [-0.3, -0.25) is 4.79 Å². The highest BCUT2D eigenvalue weighted by Crippen LogP contribution is 2.28. The lowest BCUT2D eigenvalue weighted by Crippen LogP contribution is -2.33. The maximum absolute atomic E-state index is 12.0. The Bertz CT molecular complexity index is 472. The van der Waals surface area contributed by atoms with E-state index >= 15 is 0 Å². The van der Waals surface area contributed by atoms with E-state index in [0.29, 0.717) is 17.5 Å². The summed E-state index contributed by atoms with van der Waals surface area (Å²) in [7, 11) is 0. The molecule has 0 bridgehead atoms. The van der Waals surface area contributed by atoms with Crippen molar-refractivity contribution in [1.29, 1.82) is 0 Å². The zero-order chi connectivity index (χ0) is 13.8. The Morgan fingerprint density at radius 3 is 2.95 bits per heavy atom. The third-order valence-electron chi connectivity index (χ3n) is 3.49. The van der Waals surface area contributed by atoms with Gasteiger partial charge in [0.05, 0.1) is 6.54 Å². The van der Waals surface area contributed by atoms with E-state index in [0.717, 1.165) is 19.3 Å². The number of carboxylic acids is 1. The largest absolute Gasteiger partial charge is 0.476 e. The molecular weight excluding hydrogens is 264 g/mol. The van der Waals surface area contributed by atoms with Gasteiger partial charge in [-0.25, -0.2) is 9.78 Å². The number of hydrogen-bond acceptors (Lipinski definition) is 4. The minimum Gasteiger partial charge on any atom is -0.476 e. The fourth-order valence-corrected chi connectivity index (χ4v) is 3.18. The molecule has 2 N–H and O–H groups in total. The molecule has 104 valence electrons. The van der Waals surface area contributed by atoms with E-state index in [1.807, 2.05) is 0 Å². The molecule has 1 aliphatic rings. The number of carbonyl (C=O) groups is 2. The maximum atomic E-state index is 12.0. The molecule has 19 heavy (non-hydrogen) atoms. The van der Waals surface area contributed by atoms with Gasteiger partial charge >= 0.3 is 5.97 Å². The fourth-order valence-electron chi connectivity index (χ4n) is 2.47. The van der Waals surface area contributed by atoms with Gasteiger partial charge in [0.2, 0.25) is 5.91 Å². The first-order chi connectivity index (χ1) is 9.06. The summed E-state index contributed by atoms with van der Waals surface area (Å²) in [4.78, 5) is 26.6. The molecule has 1 aromatic rings. The second kappa shape index (κ2) is 6.14. The van der Waals surface area contributed by atoms with Crippen LogP contribution in [0.2, 0.25) is 0 Å². The van der Waals surface area contributed by atoms with Crippen molar-refractivity contribution in [2.24, 2.45) is 11.8 Å². The summed E-state index contributed by atoms with van der Waals surface area (Å²) in [5, 5.41) is 13.7. The Kier molecular flexibility index (Phi) is 4.52. The normalized spacial score (nSPS) is 23.0. The van der Waals surface area contributed by atoms with E-state index in [9.17, 15) is 9.59 Å². The zero-order valence-electron chi connectivity index (χ0n) is 10.9. The van der Waals surface area contributed by atoms with Crippen LogP contribution in [0.4, 0.5) is 0 Å². The molecule has 5 nitrogen and oxygen atoms in total. The number of nitrogens with zero attached hydrogens (tertiary/aromatic N) is 1. The van der Waals surface area contributed by atoms with Gasteiger partial charge in [0.1, 0.15) is 5.01 Å². The van der Waals surface area contributed by atoms with Gasteiger partial charge in [0, 0.05) is 11.3 Å². The van der Waals surface area contributed by atoms with Gasteiger partial charge in [-0.05, 0) is 18.8 Å². The quantitative estimate of drug-likeness (QED) is 0.888. The van der Waals surface area contributed by atoms with Crippen LogP contribution in [-0.4, -0.2) is 22.0 Å². The molecule has 0 spiro atoms. The number of rotatable bonds is 4. The predicted octanol–water partition coefficient (Wildman–Crippen LogP) is 2.28. The van der Waals surface area contributed by atoms with Crippen LogP contribution in [0.1, 0.15) is 48.1 Å². The predicted molar refractivity (Wildman–Crippen MR) is 72.0 cm³/mol. The van der Waals surface area contributed by atoms with E-state index in [-0.39, 0.29) is 17.5 Å². The molecule has 1 saturated carbocycles. The SMILES string of the molecule is C[C@@H]1CCC[C@H](C(=O)NCc2nc(C(=O)O)cs2)C1. The van der Waals surface area contributed by atoms with Crippen LogP contribution in [0.5, 0.6) is 0 Å². The first-order valence-corrected chi connectivity index (χ1v) is 7.39. The fraction of sp³-hybridized carbons (Fsp3) is 0.615. The summed E-state index contributed by atoms with van der Waals surface area (Å²) >= 11 is 1.26. The van der Waals surface area contributed by atoms with Crippen molar-refractivity contribution in [3.05, 3.63) is 16.1 Å². The van der Waals surface area contributed by atoms with Crippen molar-refractivity contribution in [1.82, 2.24) is 10.3 Å². The third-order valence-corrected chi connectivity index (χ3v) is 4.34. The molecule has 2 rings (SSSR count). The second-order valence-corrected chi connectivity index (χ2v) is 6.06. The molecule has 2 atom stereocenters. The van der Waals surface area contributed by atoms with Crippen LogP contribution in [0.15, 0.2) is 5.38 Å². The van der Waals surface area contributed by atoms with Crippen molar-refractivity contribution in [2.45, 2.75) is 39.2 Å². The number of hydrogen-bond donors (Lipinski definition) is 2. The monoisotopic (exact) mass is 282 g/mol. The van der Waals surface area contributed by atoms with Crippen LogP contribution >= 0.6 is 11.3 Å². The summed E-state index contributed by atoms with van der Waals surface area (Å²) in [5.41, 5.74) is 0.0422. The summed E-state index contributed by atoms with van der Waals surface area (Å²) in [6, 6.07) is 0. The van der Waals surface area contributed by atoms with Gasteiger partial charge in [-0.1, -0.05) is 19.8 Å². The van der Waals surface area contributed by atoms with Crippen molar-refractivity contribution in [3.8, 4) is 0 Å². The Labute approximate surface area is 116 Å². The molecule has 1 heterocycles. The molecular formula is C13H18N2O3S. The van der Waals surface area contributed by atoms with Crippen molar-refractivity contribution >= 4 is 23.2 Å². The zero-order valence-corrected chi connectivity index (χ0v) is 11.7. The van der Waals surface area contributed by atoms with Gasteiger partial charge in [-0.2, -0.15) is 0 Å². The number of carbonyl (C=O) groups excluding carboxylic acids is 1. The van der Waals surface area contributed by atoms with E-state index in [1.165, 1.54) is 23.1 Å². The van der Waals surface area contributed by atoms with E-state index < -0.39 is 5.97 Å².